The summed E-state index contributed by atoms with van der Waals surface area (Å²) in [7, 11) is 2.84. The molecule has 0 aliphatic carbocycles. The lowest BCUT2D eigenvalue weighted by molar-refractivity contribution is -0.136. The van der Waals surface area contributed by atoms with Crippen LogP contribution in [0.5, 0.6) is 23.0 Å². The SMILES string of the molecule is CCOc1cc([C@@H]2NC(=O)NC(C)=C2C(=O)OC)ccc1OC[C@H](O)N/N=C\c1cc(OC)c(OCc2ccc3ccccc3c2)cc1Br. The summed E-state index contributed by atoms with van der Waals surface area (Å²) in [5.74, 6) is 1.23. The zero-order valence-corrected chi connectivity index (χ0v) is 29.0. The predicted molar refractivity (Wildman–Crippen MR) is 188 cm³/mol. The molecule has 0 fully saturated rings. The number of esters is 1. The monoisotopic (exact) mass is 732 g/mol. The predicted octanol–water partition coefficient (Wildman–Crippen LogP) is 5.71. The Kier molecular flexibility index (Phi) is 11.6. The first-order valence-corrected chi connectivity index (χ1v) is 16.2. The van der Waals surface area contributed by atoms with E-state index in [4.69, 9.17) is 23.7 Å². The van der Waals surface area contributed by atoms with Crippen molar-refractivity contribution in [1.29, 1.82) is 0 Å². The molecular formula is C36H37BrN4O8. The van der Waals surface area contributed by atoms with Crippen LogP contribution >= 0.6 is 15.9 Å². The normalized spacial score (nSPS) is 15.0. The summed E-state index contributed by atoms with van der Waals surface area (Å²) in [5.41, 5.74) is 5.60. The number of amides is 2. The molecule has 1 heterocycles. The first kappa shape index (κ1) is 35.0. The number of rotatable bonds is 14. The van der Waals surface area contributed by atoms with Crippen molar-refractivity contribution < 1.29 is 38.4 Å². The Morgan fingerprint density at radius 2 is 1.76 bits per heavy atom. The van der Waals surface area contributed by atoms with Gasteiger partial charge >= 0.3 is 12.0 Å². The molecule has 4 aromatic rings. The second-order valence-electron chi connectivity index (χ2n) is 10.9. The van der Waals surface area contributed by atoms with Gasteiger partial charge in [0, 0.05) is 15.7 Å². The largest absolute Gasteiger partial charge is 0.493 e. The molecule has 0 spiro atoms. The number of fused-ring (bicyclic) bond motifs is 1. The molecule has 1 aliphatic heterocycles. The van der Waals surface area contributed by atoms with Gasteiger partial charge in [-0.15, -0.1) is 0 Å². The van der Waals surface area contributed by atoms with Crippen molar-refractivity contribution in [2.45, 2.75) is 32.7 Å². The molecule has 0 unspecified atom stereocenters. The summed E-state index contributed by atoms with van der Waals surface area (Å²) in [6.07, 6.45) is 0.362. The van der Waals surface area contributed by atoms with Crippen molar-refractivity contribution in [3.05, 3.63) is 105 Å². The van der Waals surface area contributed by atoms with Crippen molar-refractivity contribution in [2.24, 2.45) is 5.10 Å². The number of benzene rings is 4. The number of halogens is 1. The molecule has 0 saturated heterocycles. The Morgan fingerprint density at radius 1 is 0.980 bits per heavy atom. The van der Waals surface area contributed by atoms with Crippen LogP contribution in [0, 0.1) is 0 Å². The first-order chi connectivity index (χ1) is 23.7. The van der Waals surface area contributed by atoms with E-state index in [2.05, 4.69) is 61.4 Å². The number of nitrogens with one attached hydrogen (secondary N) is 3. The van der Waals surface area contributed by atoms with Crippen LogP contribution in [0.3, 0.4) is 0 Å². The van der Waals surface area contributed by atoms with E-state index < -0.39 is 24.3 Å². The van der Waals surface area contributed by atoms with E-state index in [1.54, 1.807) is 44.4 Å². The highest BCUT2D eigenvalue weighted by Gasteiger charge is 2.32. The van der Waals surface area contributed by atoms with Crippen molar-refractivity contribution in [3.63, 3.8) is 0 Å². The number of methoxy groups -OCH3 is 2. The van der Waals surface area contributed by atoms with E-state index in [1.165, 1.54) is 18.7 Å². The number of aliphatic hydroxyl groups excluding tert-OH is 1. The number of carbonyl (C=O) groups is 2. The van der Waals surface area contributed by atoms with Gasteiger partial charge in [0.15, 0.2) is 29.2 Å². The van der Waals surface area contributed by atoms with Crippen LogP contribution in [-0.4, -0.2) is 57.0 Å². The summed E-state index contributed by atoms with van der Waals surface area (Å²) in [6, 6.07) is 21.7. The average molecular weight is 734 g/mol. The number of hydrogen-bond acceptors (Lipinski definition) is 10. The average Bonchev–Trinajstić information content (AvgIpc) is 3.10. The standard InChI is InChI=1S/C36H37BrN4O8/c1-5-47-30-15-25(34-33(35(43)46-4)21(2)39-36(44)40-34)12-13-28(30)49-20-32(42)41-38-18-26-16-29(45-3)31(17-27(26)37)48-19-22-10-11-23-8-6-7-9-24(23)14-22/h6-18,32,34,41-42H,5,19-20H2,1-4H3,(H2,39,40,44)/b38-18-/t32-,34-/m0/s1. The molecule has 12 nitrogen and oxygen atoms in total. The number of carbonyl (C=O) groups excluding carboxylic acids is 2. The molecule has 0 bridgehead atoms. The van der Waals surface area contributed by atoms with Crippen molar-refractivity contribution in [1.82, 2.24) is 16.1 Å². The van der Waals surface area contributed by atoms with E-state index in [-0.39, 0.29) is 12.2 Å². The van der Waals surface area contributed by atoms with Gasteiger partial charge in [0.05, 0.1) is 38.7 Å². The maximum absolute atomic E-state index is 12.5. The summed E-state index contributed by atoms with van der Waals surface area (Å²) in [5, 5.41) is 22.4. The van der Waals surface area contributed by atoms with Crippen LogP contribution in [0.2, 0.25) is 0 Å². The molecular weight excluding hydrogens is 696 g/mol. The molecule has 4 N–H and O–H groups in total. The van der Waals surface area contributed by atoms with Crippen molar-refractivity contribution in [3.8, 4) is 23.0 Å². The van der Waals surface area contributed by atoms with Gasteiger partial charge in [-0.2, -0.15) is 5.10 Å². The third-order valence-corrected chi connectivity index (χ3v) is 8.28. The van der Waals surface area contributed by atoms with Gasteiger partial charge in [-0.3, -0.25) is 5.43 Å². The maximum atomic E-state index is 12.5. The lowest BCUT2D eigenvalue weighted by atomic mass is 9.95. The molecule has 49 heavy (non-hydrogen) atoms. The van der Waals surface area contributed by atoms with Crippen LogP contribution in [0.25, 0.3) is 10.8 Å². The fraction of sp³-hybridized carbons (Fsp3) is 0.250. The van der Waals surface area contributed by atoms with E-state index in [9.17, 15) is 14.7 Å². The highest BCUT2D eigenvalue weighted by atomic mass is 79.9. The Bertz CT molecular complexity index is 1900. The molecule has 13 heteroatoms. The highest BCUT2D eigenvalue weighted by Crippen LogP contribution is 2.36. The Morgan fingerprint density at radius 3 is 2.51 bits per heavy atom. The van der Waals surface area contributed by atoms with E-state index in [0.717, 1.165) is 10.9 Å². The molecule has 0 radical (unpaired) electrons. The zero-order chi connectivity index (χ0) is 34.9. The van der Waals surface area contributed by atoms with Gasteiger partial charge in [0.25, 0.3) is 0 Å². The highest BCUT2D eigenvalue weighted by molar-refractivity contribution is 9.10. The quantitative estimate of drug-likeness (QED) is 0.0554. The van der Waals surface area contributed by atoms with E-state index in [1.807, 2.05) is 25.1 Å². The minimum absolute atomic E-state index is 0.167. The Labute approximate surface area is 292 Å². The second kappa shape index (κ2) is 16.2. The Hall–Kier alpha value is -5.27. The fourth-order valence-corrected chi connectivity index (χ4v) is 5.65. The third-order valence-electron chi connectivity index (χ3n) is 7.59. The topological polar surface area (TPSA) is 149 Å². The van der Waals surface area contributed by atoms with Crippen LogP contribution < -0.4 is 35.0 Å². The van der Waals surface area contributed by atoms with Gasteiger partial charge < -0.3 is 39.4 Å². The van der Waals surface area contributed by atoms with Crippen LogP contribution in [0.1, 0.15) is 36.6 Å². The minimum atomic E-state index is -1.17. The number of allylic oxidation sites excluding steroid dienone is 1. The number of aliphatic hydroxyl groups is 1. The third kappa shape index (κ3) is 8.61. The lowest BCUT2D eigenvalue weighted by Crippen LogP contribution is -2.45. The zero-order valence-electron chi connectivity index (χ0n) is 27.4. The van der Waals surface area contributed by atoms with Gasteiger partial charge in [-0.05, 0) is 82.0 Å². The van der Waals surface area contributed by atoms with Crippen molar-refractivity contribution >= 4 is 44.9 Å². The Balaban J connectivity index is 1.20. The molecule has 2 atom stereocenters. The lowest BCUT2D eigenvalue weighted by Gasteiger charge is -2.28. The number of hydrazone groups is 1. The van der Waals surface area contributed by atoms with Gasteiger partial charge in [0.1, 0.15) is 13.2 Å². The number of ether oxygens (including phenoxy) is 5. The van der Waals surface area contributed by atoms with Crippen LogP contribution in [-0.2, 0) is 16.1 Å². The number of urea groups is 1. The van der Waals surface area contributed by atoms with Gasteiger partial charge in [-0.25, -0.2) is 9.59 Å². The number of nitrogens with zero attached hydrogens (tertiary/aromatic N) is 1. The maximum Gasteiger partial charge on any atom is 0.337 e. The van der Waals surface area contributed by atoms with Crippen LogP contribution in [0.15, 0.2) is 93.6 Å². The smallest absolute Gasteiger partial charge is 0.337 e. The van der Waals surface area contributed by atoms with Gasteiger partial charge in [-0.1, -0.05) is 42.5 Å². The molecule has 0 aromatic heterocycles. The molecule has 2 amide bonds. The minimum Gasteiger partial charge on any atom is -0.493 e. The first-order valence-electron chi connectivity index (χ1n) is 15.4. The summed E-state index contributed by atoms with van der Waals surface area (Å²) in [6.45, 7) is 3.97. The summed E-state index contributed by atoms with van der Waals surface area (Å²) in [4.78, 5) is 24.7. The fourth-order valence-electron chi connectivity index (χ4n) is 5.23. The molecule has 4 aromatic carbocycles. The summed E-state index contributed by atoms with van der Waals surface area (Å²) >= 11 is 3.57. The van der Waals surface area contributed by atoms with E-state index in [0.29, 0.717) is 57.5 Å². The summed E-state index contributed by atoms with van der Waals surface area (Å²) < 4.78 is 28.9. The van der Waals surface area contributed by atoms with Crippen molar-refractivity contribution in [2.75, 3.05) is 27.4 Å². The molecule has 5 rings (SSSR count). The molecule has 0 saturated carbocycles. The van der Waals surface area contributed by atoms with Gasteiger partial charge in [0.2, 0.25) is 0 Å². The van der Waals surface area contributed by atoms with Crippen LogP contribution in [0.4, 0.5) is 4.79 Å². The number of hydrogen-bond donors (Lipinski definition) is 4. The molecule has 256 valence electrons. The molecule has 1 aliphatic rings. The second-order valence-corrected chi connectivity index (χ2v) is 11.8. The van der Waals surface area contributed by atoms with E-state index >= 15 is 0 Å².